The minimum Gasteiger partial charge on any atom is -0.381 e. The van der Waals surface area contributed by atoms with E-state index in [9.17, 15) is 0 Å². The number of benzene rings is 1. The molecule has 0 aliphatic carbocycles. The van der Waals surface area contributed by atoms with Gasteiger partial charge in [-0.1, -0.05) is 11.2 Å². The Kier molecular flexibility index (Phi) is 2.37. The Balaban J connectivity index is 2.62. The minimum absolute atomic E-state index is 0.341. The molecular weight excluding hydrogens is 202 g/mol. The molecule has 0 unspecified atom stereocenters. The van der Waals surface area contributed by atoms with Gasteiger partial charge < -0.3 is 10.3 Å². The smallest absolute Gasteiger partial charge is 0.169 e. The average molecular weight is 213 g/mol. The number of nitrogen functional groups attached to an aromatic ring is 1. The van der Waals surface area contributed by atoms with E-state index in [2.05, 4.69) is 11.2 Å². The van der Waals surface area contributed by atoms with Crippen molar-refractivity contribution in [2.45, 2.75) is 13.8 Å². The van der Waals surface area contributed by atoms with Crippen LogP contribution < -0.4 is 5.73 Å². The molecule has 0 fully saturated rings. The number of hydrogen-bond donors (Lipinski definition) is 1. The van der Waals surface area contributed by atoms with Crippen LogP contribution in [0.1, 0.15) is 16.7 Å². The summed E-state index contributed by atoms with van der Waals surface area (Å²) in [5.74, 6) is 0.931. The lowest BCUT2D eigenvalue weighted by Gasteiger charge is -2.04. The fourth-order valence-corrected chi connectivity index (χ4v) is 1.65. The fourth-order valence-electron chi connectivity index (χ4n) is 1.65. The van der Waals surface area contributed by atoms with Crippen LogP contribution in [-0.2, 0) is 0 Å². The SMILES string of the molecule is Cc1cc(C)c(-c2cc(N)no2)cc1C#N. The summed E-state index contributed by atoms with van der Waals surface area (Å²) in [6.07, 6.45) is 0. The van der Waals surface area contributed by atoms with Crippen LogP contribution in [0.15, 0.2) is 22.7 Å². The maximum Gasteiger partial charge on any atom is 0.169 e. The van der Waals surface area contributed by atoms with E-state index in [0.29, 0.717) is 17.1 Å². The molecule has 4 nitrogen and oxygen atoms in total. The largest absolute Gasteiger partial charge is 0.381 e. The molecule has 2 N–H and O–H groups in total. The van der Waals surface area contributed by atoms with Gasteiger partial charge in [0.2, 0.25) is 0 Å². The Labute approximate surface area is 93.3 Å². The van der Waals surface area contributed by atoms with Gasteiger partial charge in [-0.15, -0.1) is 0 Å². The zero-order valence-electron chi connectivity index (χ0n) is 9.11. The Morgan fingerprint density at radius 2 is 2.00 bits per heavy atom. The molecule has 2 rings (SSSR count). The number of anilines is 1. The molecule has 0 radical (unpaired) electrons. The van der Waals surface area contributed by atoms with Crippen LogP contribution in [0.3, 0.4) is 0 Å². The quantitative estimate of drug-likeness (QED) is 0.789. The number of aromatic nitrogens is 1. The van der Waals surface area contributed by atoms with Gasteiger partial charge in [0, 0.05) is 11.6 Å². The van der Waals surface area contributed by atoms with Crippen LogP contribution in [0.4, 0.5) is 5.82 Å². The molecule has 1 aromatic heterocycles. The number of nitrogens with two attached hydrogens (primary N) is 1. The molecule has 0 bridgehead atoms. The van der Waals surface area contributed by atoms with Crippen molar-refractivity contribution in [2.75, 3.05) is 5.73 Å². The normalized spacial score (nSPS) is 10.1. The van der Waals surface area contributed by atoms with Crippen molar-refractivity contribution in [3.8, 4) is 17.4 Å². The van der Waals surface area contributed by atoms with Crippen molar-refractivity contribution in [2.24, 2.45) is 0 Å². The number of nitriles is 1. The lowest BCUT2D eigenvalue weighted by Crippen LogP contribution is -1.88. The van der Waals surface area contributed by atoms with Crippen LogP contribution in [0.5, 0.6) is 0 Å². The molecule has 4 heteroatoms. The molecule has 0 spiro atoms. The van der Waals surface area contributed by atoms with Crippen molar-refractivity contribution >= 4 is 5.82 Å². The molecule has 0 aliphatic heterocycles. The van der Waals surface area contributed by atoms with Gasteiger partial charge in [0.1, 0.15) is 0 Å². The van der Waals surface area contributed by atoms with E-state index in [1.165, 1.54) is 0 Å². The highest BCUT2D eigenvalue weighted by molar-refractivity contribution is 5.67. The topological polar surface area (TPSA) is 75.8 Å². The zero-order chi connectivity index (χ0) is 11.7. The van der Waals surface area contributed by atoms with Gasteiger partial charge >= 0.3 is 0 Å². The third kappa shape index (κ3) is 1.63. The summed E-state index contributed by atoms with van der Waals surface area (Å²) >= 11 is 0. The van der Waals surface area contributed by atoms with Crippen molar-refractivity contribution in [1.82, 2.24) is 5.16 Å². The first-order valence-electron chi connectivity index (χ1n) is 4.85. The molecule has 1 heterocycles. The highest BCUT2D eigenvalue weighted by Crippen LogP contribution is 2.27. The van der Waals surface area contributed by atoms with Gasteiger partial charge in [-0.3, -0.25) is 0 Å². The van der Waals surface area contributed by atoms with Crippen molar-refractivity contribution in [3.63, 3.8) is 0 Å². The van der Waals surface area contributed by atoms with Gasteiger partial charge in [0.15, 0.2) is 11.6 Å². The van der Waals surface area contributed by atoms with E-state index >= 15 is 0 Å². The van der Waals surface area contributed by atoms with Gasteiger partial charge in [0.25, 0.3) is 0 Å². The predicted octanol–water partition coefficient (Wildman–Crippen LogP) is 2.41. The highest BCUT2D eigenvalue weighted by Gasteiger charge is 2.10. The van der Waals surface area contributed by atoms with E-state index in [0.717, 1.165) is 16.7 Å². The number of nitrogens with zero attached hydrogens (tertiary/aromatic N) is 2. The molecule has 0 saturated heterocycles. The summed E-state index contributed by atoms with van der Waals surface area (Å²) in [5.41, 5.74) is 8.97. The first kappa shape index (κ1) is 10.2. The maximum atomic E-state index is 8.96. The molecule has 2 aromatic rings. The summed E-state index contributed by atoms with van der Waals surface area (Å²) < 4.78 is 5.09. The van der Waals surface area contributed by atoms with Gasteiger partial charge in [-0.2, -0.15) is 5.26 Å². The number of hydrogen-bond acceptors (Lipinski definition) is 4. The molecule has 1 aromatic carbocycles. The standard InChI is InChI=1S/C12H11N3O/c1-7-3-8(2)10(4-9(7)6-13)11-5-12(14)15-16-11/h3-5H,1-2H3,(H2,14,15). The molecular formula is C12H11N3O. The third-order valence-corrected chi connectivity index (χ3v) is 2.49. The highest BCUT2D eigenvalue weighted by atomic mass is 16.5. The number of rotatable bonds is 1. The fraction of sp³-hybridized carbons (Fsp3) is 0.167. The Hall–Kier alpha value is -2.28. The summed E-state index contributed by atoms with van der Waals surface area (Å²) in [6, 6.07) is 7.54. The Morgan fingerprint density at radius 3 is 2.56 bits per heavy atom. The lowest BCUT2D eigenvalue weighted by atomic mass is 9.99. The lowest BCUT2D eigenvalue weighted by molar-refractivity contribution is 0.435. The van der Waals surface area contributed by atoms with E-state index < -0.39 is 0 Å². The summed E-state index contributed by atoms with van der Waals surface area (Å²) in [4.78, 5) is 0. The summed E-state index contributed by atoms with van der Waals surface area (Å²) in [7, 11) is 0. The van der Waals surface area contributed by atoms with Crippen molar-refractivity contribution in [3.05, 3.63) is 34.9 Å². The van der Waals surface area contributed by atoms with Crippen molar-refractivity contribution in [1.29, 1.82) is 5.26 Å². The second-order valence-electron chi connectivity index (χ2n) is 3.71. The Bertz CT molecular complexity index is 578. The monoisotopic (exact) mass is 213 g/mol. The maximum absolute atomic E-state index is 8.96. The third-order valence-electron chi connectivity index (χ3n) is 2.49. The minimum atomic E-state index is 0.341. The van der Waals surface area contributed by atoms with Crippen molar-refractivity contribution < 1.29 is 4.52 Å². The average Bonchev–Trinajstić information content (AvgIpc) is 2.65. The van der Waals surface area contributed by atoms with Crippen LogP contribution in [0.25, 0.3) is 11.3 Å². The van der Waals surface area contributed by atoms with E-state index in [1.807, 2.05) is 19.9 Å². The first-order valence-corrected chi connectivity index (χ1v) is 4.85. The predicted molar refractivity (Wildman–Crippen MR) is 60.5 cm³/mol. The second-order valence-corrected chi connectivity index (χ2v) is 3.71. The first-order chi connectivity index (χ1) is 7.61. The van der Waals surface area contributed by atoms with Gasteiger partial charge in [-0.25, -0.2) is 0 Å². The summed E-state index contributed by atoms with van der Waals surface area (Å²) in [5, 5.41) is 12.6. The Morgan fingerprint density at radius 1 is 1.25 bits per heavy atom. The number of aryl methyl sites for hydroxylation is 2. The second kappa shape index (κ2) is 3.70. The van der Waals surface area contributed by atoms with Crippen LogP contribution in [0, 0.1) is 25.2 Å². The van der Waals surface area contributed by atoms with Gasteiger partial charge in [-0.05, 0) is 31.0 Å². The summed E-state index contributed by atoms with van der Waals surface area (Å²) in [6.45, 7) is 3.87. The van der Waals surface area contributed by atoms with E-state index in [4.69, 9.17) is 15.5 Å². The molecule has 0 atom stereocenters. The van der Waals surface area contributed by atoms with E-state index in [-0.39, 0.29) is 0 Å². The van der Waals surface area contributed by atoms with Crippen LogP contribution in [0.2, 0.25) is 0 Å². The van der Waals surface area contributed by atoms with Crippen LogP contribution in [-0.4, -0.2) is 5.16 Å². The van der Waals surface area contributed by atoms with Crippen LogP contribution >= 0.6 is 0 Å². The van der Waals surface area contributed by atoms with E-state index in [1.54, 1.807) is 12.1 Å². The molecule has 0 amide bonds. The van der Waals surface area contributed by atoms with Gasteiger partial charge in [0.05, 0.1) is 11.6 Å². The molecule has 80 valence electrons. The molecule has 0 saturated carbocycles. The molecule has 16 heavy (non-hydrogen) atoms. The molecule has 0 aliphatic rings. The zero-order valence-corrected chi connectivity index (χ0v) is 9.11.